The van der Waals surface area contributed by atoms with E-state index in [1.54, 1.807) is 50.6 Å². The molecule has 0 aliphatic rings. The van der Waals surface area contributed by atoms with E-state index in [1.807, 2.05) is 12.1 Å². The number of hydrogen-bond acceptors (Lipinski definition) is 4. The van der Waals surface area contributed by atoms with Crippen molar-refractivity contribution in [2.45, 2.75) is 0 Å². The second-order valence-electron chi connectivity index (χ2n) is 5.23. The Morgan fingerprint density at radius 2 is 1.75 bits per heavy atom. The summed E-state index contributed by atoms with van der Waals surface area (Å²) in [6.45, 7) is 0. The molecule has 0 saturated carbocycles. The van der Waals surface area contributed by atoms with Crippen LogP contribution in [0.5, 0.6) is 17.2 Å². The predicted octanol–water partition coefficient (Wildman–Crippen LogP) is 3.81. The van der Waals surface area contributed by atoms with Crippen LogP contribution in [0.1, 0.15) is 10.4 Å². The van der Waals surface area contributed by atoms with Crippen LogP contribution >= 0.6 is 0 Å². The number of phenols is 1. The molecule has 24 heavy (non-hydrogen) atoms. The number of phenolic OH excluding ortho intramolecular Hbond substituents is 1. The van der Waals surface area contributed by atoms with Gasteiger partial charge in [0.05, 0.1) is 19.8 Å². The Labute approximate surface area is 139 Å². The van der Waals surface area contributed by atoms with Crippen molar-refractivity contribution in [2.24, 2.45) is 0 Å². The van der Waals surface area contributed by atoms with Crippen molar-refractivity contribution in [3.63, 3.8) is 0 Å². The van der Waals surface area contributed by atoms with Crippen molar-refractivity contribution in [3.05, 3.63) is 60.2 Å². The average Bonchev–Trinajstić information content (AvgIpc) is 2.61. The molecule has 0 unspecified atom stereocenters. The summed E-state index contributed by atoms with van der Waals surface area (Å²) in [6.07, 6.45) is 0. The third-order valence-corrected chi connectivity index (χ3v) is 3.77. The van der Waals surface area contributed by atoms with Crippen LogP contribution in [-0.2, 0) is 0 Å². The Balaban J connectivity index is 1.92. The molecular weight excluding hydrogens is 306 g/mol. The molecule has 5 nitrogen and oxygen atoms in total. The lowest BCUT2D eigenvalue weighted by Gasteiger charge is -2.11. The number of ether oxygens (including phenoxy) is 2. The second kappa shape index (κ2) is 6.50. The summed E-state index contributed by atoms with van der Waals surface area (Å²) >= 11 is 0. The fraction of sp³-hybridized carbons (Fsp3) is 0.105. The molecule has 0 spiro atoms. The monoisotopic (exact) mass is 323 g/mol. The van der Waals surface area contributed by atoms with Gasteiger partial charge in [-0.3, -0.25) is 4.79 Å². The highest BCUT2D eigenvalue weighted by molar-refractivity contribution is 6.09. The number of hydrogen-bond donors (Lipinski definition) is 2. The minimum atomic E-state index is -0.387. The maximum atomic E-state index is 12.5. The van der Waals surface area contributed by atoms with E-state index in [2.05, 4.69) is 5.32 Å². The van der Waals surface area contributed by atoms with Gasteiger partial charge in [0.1, 0.15) is 17.2 Å². The van der Waals surface area contributed by atoms with Crippen molar-refractivity contribution >= 4 is 22.4 Å². The number of aromatic hydroxyl groups is 1. The lowest BCUT2D eigenvalue weighted by molar-refractivity contribution is 0.102. The molecule has 0 aromatic heterocycles. The van der Waals surface area contributed by atoms with E-state index in [0.717, 1.165) is 10.8 Å². The number of methoxy groups -OCH3 is 2. The van der Waals surface area contributed by atoms with Gasteiger partial charge < -0.3 is 19.9 Å². The van der Waals surface area contributed by atoms with Crippen molar-refractivity contribution in [2.75, 3.05) is 19.5 Å². The summed E-state index contributed by atoms with van der Waals surface area (Å²) in [7, 11) is 3.14. The topological polar surface area (TPSA) is 67.8 Å². The van der Waals surface area contributed by atoms with Gasteiger partial charge in [-0.1, -0.05) is 12.1 Å². The first-order chi connectivity index (χ1) is 11.6. The molecule has 0 bridgehead atoms. The largest absolute Gasteiger partial charge is 0.507 e. The normalized spacial score (nSPS) is 10.4. The van der Waals surface area contributed by atoms with E-state index >= 15 is 0 Å². The molecule has 3 aromatic carbocycles. The lowest BCUT2D eigenvalue weighted by Crippen LogP contribution is -2.12. The van der Waals surface area contributed by atoms with Gasteiger partial charge in [-0.15, -0.1) is 0 Å². The van der Waals surface area contributed by atoms with Crippen LogP contribution in [0.3, 0.4) is 0 Å². The lowest BCUT2D eigenvalue weighted by atomic mass is 10.0. The number of amides is 1. The summed E-state index contributed by atoms with van der Waals surface area (Å²) in [5.74, 6) is 0.860. The van der Waals surface area contributed by atoms with Gasteiger partial charge in [0.2, 0.25) is 0 Å². The van der Waals surface area contributed by atoms with Crippen molar-refractivity contribution in [1.29, 1.82) is 0 Å². The van der Waals surface area contributed by atoms with E-state index in [9.17, 15) is 9.90 Å². The molecule has 5 heteroatoms. The third-order valence-electron chi connectivity index (χ3n) is 3.77. The van der Waals surface area contributed by atoms with Crippen LogP contribution in [0.15, 0.2) is 54.6 Å². The standard InChI is InChI=1S/C19H17NO4/c1-23-14-8-6-13(7-9-14)20-19(22)16-10-12-4-3-5-18(24-2)15(12)11-17(16)21/h3-11,21H,1-2H3,(H,20,22). The van der Waals surface area contributed by atoms with Gasteiger partial charge in [0.15, 0.2) is 0 Å². The van der Waals surface area contributed by atoms with Gasteiger partial charge in [-0.2, -0.15) is 0 Å². The number of carbonyl (C=O) groups is 1. The quantitative estimate of drug-likeness (QED) is 0.766. The number of fused-ring (bicyclic) bond motifs is 1. The summed E-state index contributed by atoms with van der Waals surface area (Å²) in [4.78, 5) is 12.5. The zero-order valence-corrected chi connectivity index (χ0v) is 13.4. The maximum absolute atomic E-state index is 12.5. The number of rotatable bonds is 4. The molecule has 0 aliphatic heterocycles. The van der Waals surface area contributed by atoms with Crippen LogP contribution in [0.2, 0.25) is 0 Å². The fourth-order valence-electron chi connectivity index (χ4n) is 2.52. The molecule has 2 N–H and O–H groups in total. The summed E-state index contributed by atoms with van der Waals surface area (Å²) in [5.41, 5.74) is 0.817. The van der Waals surface area contributed by atoms with E-state index in [4.69, 9.17) is 9.47 Å². The fourth-order valence-corrected chi connectivity index (χ4v) is 2.52. The minimum absolute atomic E-state index is 0.0991. The van der Waals surface area contributed by atoms with E-state index < -0.39 is 0 Å². The molecule has 3 aromatic rings. The van der Waals surface area contributed by atoms with Crippen LogP contribution in [0.4, 0.5) is 5.69 Å². The van der Waals surface area contributed by atoms with Gasteiger partial charge in [0.25, 0.3) is 5.91 Å². The van der Waals surface area contributed by atoms with Gasteiger partial charge >= 0.3 is 0 Å². The predicted molar refractivity (Wildman–Crippen MR) is 93.1 cm³/mol. The summed E-state index contributed by atoms with van der Waals surface area (Å²) < 4.78 is 10.4. The third kappa shape index (κ3) is 2.96. The molecule has 0 saturated heterocycles. The van der Waals surface area contributed by atoms with E-state index in [-0.39, 0.29) is 17.2 Å². The molecule has 0 fully saturated rings. The number of benzene rings is 3. The Morgan fingerprint density at radius 1 is 1.00 bits per heavy atom. The number of anilines is 1. The Bertz CT molecular complexity index is 888. The van der Waals surface area contributed by atoms with Crippen LogP contribution < -0.4 is 14.8 Å². The Kier molecular flexibility index (Phi) is 4.24. The van der Waals surface area contributed by atoms with Crippen molar-refractivity contribution < 1.29 is 19.4 Å². The summed E-state index contributed by atoms with van der Waals surface area (Å²) in [5, 5.41) is 14.5. The number of nitrogens with one attached hydrogen (secondary N) is 1. The molecule has 3 rings (SSSR count). The Hall–Kier alpha value is -3.21. The smallest absolute Gasteiger partial charge is 0.259 e. The zero-order valence-electron chi connectivity index (χ0n) is 13.4. The highest BCUT2D eigenvalue weighted by atomic mass is 16.5. The summed E-state index contributed by atoms with van der Waals surface area (Å²) in [6, 6.07) is 15.7. The molecule has 0 radical (unpaired) electrons. The van der Waals surface area contributed by atoms with Crippen molar-refractivity contribution in [3.8, 4) is 17.2 Å². The highest BCUT2D eigenvalue weighted by Gasteiger charge is 2.14. The molecule has 1 amide bonds. The second-order valence-corrected chi connectivity index (χ2v) is 5.23. The maximum Gasteiger partial charge on any atom is 0.259 e. The first-order valence-corrected chi connectivity index (χ1v) is 7.37. The van der Waals surface area contributed by atoms with Crippen LogP contribution in [0, 0.1) is 0 Å². The number of carbonyl (C=O) groups excluding carboxylic acids is 1. The molecule has 0 heterocycles. The van der Waals surface area contributed by atoms with Gasteiger partial charge in [-0.05, 0) is 47.9 Å². The van der Waals surface area contributed by atoms with Gasteiger partial charge in [-0.25, -0.2) is 0 Å². The molecular formula is C19H17NO4. The van der Waals surface area contributed by atoms with Crippen molar-refractivity contribution in [1.82, 2.24) is 0 Å². The van der Waals surface area contributed by atoms with Crippen LogP contribution in [-0.4, -0.2) is 25.2 Å². The van der Waals surface area contributed by atoms with E-state index in [0.29, 0.717) is 17.2 Å². The van der Waals surface area contributed by atoms with E-state index in [1.165, 1.54) is 6.07 Å². The minimum Gasteiger partial charge on any atom is -0.507 e. The SMILES string of the molecule is COc1ccc(NC(=O)c2cc3cccc(OC)c3cc2O)cc1. The highest BCUT2D eigenvalue weighted by Crippen LogP contribution is 2.31. The average molecular weight is 323 g/mol. The first kappa shape index (κ1) is 15.7. The zero-order chi connectivity index (χ0) is 17.1. The van der Waals surface area contributed by atoms with Crippen LogP contribution in [0.25, 0.3) is 10.8 Å². The first-order valence-electron chi connectivity index (χ1n) is 7.37. The Morgan fingerprint density at radius 3 is 2.42 bits per heavy atom. The van der Waals surface area contributed by atoms with Gasteiger partial charge in [0, 0.05) is 11.1 Å². The molecule has 0 atom stereocenters. The molecule has 122 valence electrons. The molecule has 0 aliphatic carbocycles.